The molecule has 1 N–H and O–H groups in total. The van der Waals surface area contributed by atoms with E-state index in [2.05, 4.69) is 0 Å². The minimum absolute atomic E-state index is 0.160. The first kappa shape index (κ1) is 18.8. The quantitative estimate of drug-likeness (QED) is 0.655. The van der Waals surface area contributed by atoms with Gasteiger partial charge in [0.15, 0.2) is 12.4 Å². The van der Waals surface area contributed by atoms with E-state index in [0.717, 1.165) is 0 Å². The van der Waals surface area contributed by atoms with Crippen LogP contribution in [-0.2, 0) is 33.3 Å². The average molecular weight is 320 g/mol. The van der Waals surface area contributed by atoms with Crippen molar-refractivity contribution < 1.29 is 38.4 Å². The van der Waals surface area contributed by atoms with Crippen molar-refractivity contribution in [2.75, 3.05) is 19.8 Å². The highest BCUT2D eigenvalue weighted by Crippen LogP contribution is 2.27. The molecule has 22 heavy (non-hydrogen) atoms. The number of aliphatic hydroxyl groups excluding tert-OH is 1. The van der Waals surface area contributed by atoms with Crippen LogP contribution in [-0.4, -0.2) is 67.6 Å². The Bertz CT molecular complexity index is 372. The first-order chi connectivity index (χ1) is 10.4. The second-order valence-corrected chi connectivity index (χ2v) is 4.78. The molecular weight excluding hydrogens is 296 g/mol. The van der Waals surface area contributed by atoms with Crippen LogP contribution in [0.3, 0.4) is 0 Å². The van der Waals surface area contributed by atoms with Gasteiger partial charge in [-0.25, -0.2) is 0 Å². The number of aliphatic hydroxyl groups is 1. The SMILES string of the molecule is CCO[C@@H]1[C@@H](OCC)[C@H](O)O[C@H](COC(C)=O)[C@H]1OC(C)=O. The maximum atomic E-state index is 11.3. The molecule has 0 spiro atoms. The Morgan fingerprint density at radius 1 is 1.00 bits per heavy atom. The predicted octanol–water partition coefficient (Wildman–Crippen LogP) is 0.00860. The molecule has 8 nitrogen and oxygen atoms in total. The molecule has 1 saturated heterocycles. The summed E-state index contributed by atoms with van der Waals surface area (Å²) in [6, 6.07) is 0. The van der Waals surface area contributed by atoms with Gasteiger partial charge < -0.3 is 28.8 Å². The number of hydrogen-bond donors (Lipinski definition) is 1. The van der Waals surface area contributed by atoms with Crippen molar-refractivity contribution in [2.24, 2.45) is 0 Å². The highest BCUT2D eigenvalue weighted by atomic mass is 16.7. The first-order valence-corrected chi connectivity index (χ1v) is 7.28. The number of carbonyl (C=O) groups excluding carboxylic acids is 2. The molecular formula is C14H24O8. The second kappa shape index (κ2) is 9.04. The summed E-state index contributed by atoms with van der Waals surface area (Å²) in [7, 11) is 0. The summed E-state index contributed by atoms with van der Waals surface area (Å²) < 4.78 is 26.6. The Hall–Kier alpha value is -1.22. The van der Waals surface area contributed by atoms with Crippen LogP contribution < -0.4 is 0 Å². The van der Waals surface area contributed by atoms with Crippen molar-refractivity contribution in [3.8, 4) is 0 Å². The minimum Gasteiger partial charge on any atom is -0.463 e. The Kier molecular flexibility index (Phi) is 7.74. The van der Waals surface area contributed by atoms with Crippen LogP contribution in [0.1, 0.15) is 27.7 Å². The molecule has 0 amide bonds. The van der Waals surface area contributed by atoms with Crippen molar-refractivity contribution in [3.05, 3.63) is 0 Å². The van der Waals surface area contributed by atoms with E-state index >= 15 is 0 Å². The summed E-state index contributed by atoms with van der Waals surface area (Å²) in [6.07, 6.45) is -4.49. The molecule has 8 heteroatoms. The van der Waals surface area contributed by atoms with Crippen molar-refractivity contribution >= 4 is 11.9 Å². The normalized spacial score (nSPS) is 31.6. The van der Waals surface area contributed by atoms with Crippen molar-refractivity contribution in [2.45, 2.75) is 58.4 Å². The third kappa shape index (κ3) is 5.20. The summed E-state index contributed by atoms with van der Waals surface area (Å²) in [4.78, 5) is 22.3. The third-order valence-electron chi connectivity index (χ3n) is 3.08. The van der Waals surface area contributed by atoms with Gasteiger partial charge >= 0.3 is 11.9 Å². The lowest BCUT2D eigenvalue weighted by Crippen LogP contribution is -2.61. The van der Waals surface area contributed by atoms with E-state index < -0.39 is 42.6 Å². The van der Waals surface area contributed by atoms with Gasteiger partial charge in [-0.2, -0.15) is 0 Å². The molecule has 1 rings (SSSR count). The van der Waals surface area contributed by atoms with Crippen LogP contribution in [0.15, 0.2) is 0 Å². The Labute approximate surface area is 129 Å². The van der Waals surface area contributed by atoms with Crippen LogP contribution in [0.25, 0.3) is 0 Å². The maximum absolute atomic E-state index is 11.3. The summed E-state index contributed by atoms with van der Waals surface area (Å²) in [5.41, 5.74) is 0. The van der Waals surface area contributed by atoms with Crippen molar-refractivity contribution in [3.63, 3.8) is 0 Å². The molecule has 0 bridgehead atoms. The molecule has 0 radical (unpaired) electrons. The Morgan fingerprint density at radius 3 is 2.09 bits per heavy atom. The van der Waals surface area contributed by atoms with Gasteiger partial charge in [-0.3, -0.25) is 9.59 Å². The molecule has 5 atom stereocenters. The average Bonchev–Trinajstić information content (AvgIpc) is 2.43. The number of esters is 2. The fraction of sp³-hybridized carbons (Fsp3) is 0.857. The molecule has 1 aliphatic rings. The van der Waals surface area contributed by atoms with Crippen LogP contribution >= 0.6 is 0 Å². The largest absolute Gasteiger partial charge is 0.463 e. The van der Waals surface area contributed by atoms with E-state index in [4.69, 9.17) is 23.7 Å². The number of hydrogen-bond acceptors (Lipinski definition) is 8. The highest BCUT2D eigenvalue weighted by Gasteiger charge is 2.49. The van der Waals surface area contributed by atoms with Gasteiger partial charge in [0, 0.05) is 27.1 Å². The van der Waals surface area contributed by atoms with Gasteiger partial charge in [-0.15, -0.1) is 0 Å². The van der Waals surface area contributed by atoms with E-state index in [9.17, 15) is 14.7 Å². The van der Waals surface area contributed by atoms with Gasteiger partial charge in [-0.05, 0) is 13.8 Å². The molecule has 1 aliphatic heterocycles. The molecule has 0 aromatic heterocycles. The standard InChI is InChI=1S/C14H24O8/c1-5-18-12-11(21-9(4)16)10(7-20-8(3)15)22-14(17)13(12)19-6-2/h10-14,17H,5-7H2,1-4H3/t10-,11-,12+,13-,14-/m1/s1. The molecule has 0 saturated carbocycles. The molecule has 0 unspecified atom stereocenters. The number of carbonyl (C=O) groups is 2. The zero-order chi connectivity index (χ0) is 16.7. The smallest absolute Gasteiger partial charge is 0.303 e. The Balaban J connectivity index is 2.95. The van der Waals surface area contributed by atoms with Gasteiger partial charge in [0.05, 0.1) is 0 Å². The van der Waals surface area contributed by atoms with Crippen LogP contribution in [0.4, 0.5) is 0 Å². The molecule has 0 aromatic rings. The van der Waals surface area contributed by atoms with Gasteiger partial charge in [0.2, 0.25) is 0 Å². The fourth-order valence-corrected chi connectivity index (χ4v) is 2.31. The lowest BCUT2D eigenvalue weighted by molar-refractivity contribution is -0.305. The predicted molar refractivity (Wildman–Crippen MR) is 73.9 cm³/mol. The van der Waals surface area contributed by atoms with Crippen molar-refractivity contribution in [1.82, 2.24) is 0 Å². The second-order valence-electron chi connectivity index (χ2n) is 4.78. The van der Waals surface area contributed by atoms with E-state index in [1.54, 1.807) is 13.8 Å². The number of rotatable bonds is 7. The van der Waals surface area contributed by atoms with Crippen LogP contribution in [0.2, 0.25) is 0 Å². The van der Waals surface area contributed by atoms with E-state index in [-0.39, 0.29) is 6.61 Å². The third-order valence-corrected chi connectivity index (χ3v) is 3.08. The lowest BCUT2D eigenvalue weighted by Gasteiger charge is -2.43. The number of ether oxygens (including phenoxy) is 5. The fourth-order valence-electron chi connectivity index (χ4n) is 2.31. The monoisotopic (exact) mass is 320 g/mol. The molecule has 1 fully saturated rings. The van der Waals surface area contributed by atoms with E-state index in [1.165, 1.54) is 13.8 Å². The summed E-state index contributed by atoms with van der Waals surface area (Å²) >= 11 is 0. The zero-order valence-corrected chi connectivity index (χ0v) is 13.3. The molecule has 0 aliphatic carbocycles. The summed E-state index contributed by atoms with van der Waals surface area (Å²) in [5.74, 6) is -1.03. The van der Waals surface area contributed by atoms with Gasteiger partial charge in [0.1, 0.15) is 24.9 Å². The lowest BCUT2D eigenvalue weighted by atomic mass is 9.98. The Morgan fingerprint density at radius 2 is 1.59 bits per heavy atom. The van der Waals surface area contributed by atoms with Crippen LogP contribution in [0.5, 0.6) is 0 Å². The summed E-state index contributed by atoms with van der Waals surface area (Å²) in [6.45, 7) is 6.55. The highest BCUT2D eigenvalue weighted by molar-refractivity contribution is 5.66. The summed E-state index contributed by atoms with van der Waals surface area (Å²) in [5, 5.41) is 10.1. The van der Waals surface area contributed by atoms with Gasteiger partial charge in [0.25, 0.3) is 0 Å². The van der Waals surface area contributed by atoms with Gasteiger partial charge in [-0.1, -0.05) is 0 Å². The molecule has 1 heterocycles. The van der Waals surface area contributed by atoms with Crippen LogP contribution in [0, 0.1) is 0 Å². The topological polar surface area (TPSA) is 101 Å². The maximum Gasteiger partial charge on any atom is 0.303 e. The first-order valence-electron chi connectivity index (χ1n) is 7.28. The zero-order valence-electron chi connectivity index (χ0n) is 13.3. The van der Waals surface area contributed by atoms with E-state index in [0.29, 0.717) is 13.2 Å². The molecule has 128 valence electrons. The molecule has 0 aromatic carbocycles. The van der Waals surface area contributed by atoms with Crippen molar-refractivity contribution in [1.29, 1.82) is 0 Å². The van der Waals surface area contributed by atoms with E-state index in [1.807, 2.05) is 0 Å². The minimum atomic E-state index is -1.27.